The average Bonchev–Trinajstić information content (AvgIpc) is 2.09. The Morgan fingerprint density at radius 3 is 2.15 bits per heavy atom. The van der Waals surface area contributed by atoms with Gasteiger partial charge in [-0.05, 0) is 37.8 Å². The molecule has 0 fully saturated rings. The molecule has 0 amide bonds. The van der Waals surface area contributed by atoms with Crippen molar-refractivity contribution in [1.29, 1.82) is 0 Å². The predicted octanol–water partition coefficient (Wildman–Crippen LogP) is 3.59. The zero-order valence-electron chi connectivity index (χ0n) is 9.95. The van der Waals surface area contributed by atoms with Crippen LogP contribution >= 0.6 is 0 Å². The van der Waals surface area contributed by atoms with Crippen molar-refractivity contribution in [2.45, 2.75) is 59.8 Å². The summed E-state index contributed by atoms with van der Waals surface area (Å²) in [5.74, 6) is 0. The summed E-state index contributed by atoms with van der Waals surface area (Å²) in [5, 5.41) is 3.47. The average molecular weight is 185 g/mol. The van der Waals surface area contributed by atoms with Crippen molar-refractivity contribution >= 4 is 0 Å². The van der Waals surface area contributed by atoms with E-state index >= 15 is 0 Å². The molecule has 0 aromatic rings. The quantitative estimate of drug-likeness (QED) is 0.570. The highest BCUT2D eigenvalue weighted by Crippen LogP contribution is 2.26. The van der Waals surface area contributed by atoms with Crippen LogP contribution in [0.4, 0.5) is 0 Å². The lowest BCUT2D eigenvalue weighted by molar-refractivity contribution is 0.293. The lowest BCUT2D eigenvalue weighted by Crippen LogP contribution is -2.22. The molecule has 0 heterocycles. The standard InChI is InChI=1S/C12H27N/c1-5-7-8-12(3,4)9-11-13-10-6-2/h13H,5-11H2,1-4H3. The molecule has 0 aromatic heterocycles. The zero-order valence-corrected chi connectivity index (χ0v) is 9.95. The Balaban J connectivity index is 3.39. The summed E-state index contributed by atoms with van der Waals surface area (Å²) in [7, 11) is 0. The van der Waals surface area contributed by atoms with E-state index in [1.807, 2.05) is 0 Å². The summed E-state index contributed by atoms with van der Waals surface area (Å²) in [6.07, 6.45) is 6.63. The van der Waals surface area contributed by atoms with Crippen LogP contribution in [0.3, 0.4) is 0 Å². The summed E-state index contributed by atoms with van der Waals surface area (Å²) in [6.45, 7) is 11.6. The van der Waals surface area contributed by atoms with Gasteiger partial charge < -0.3 is 5.32 Å². The number of hydrogen-bond acceptors (Lipinski definition) is 1. The van der Waals surface area contributed by atoms with Gasteiger partial charge in [0.1, 0.15) is 0 Å². The van der Waals surface area contributed by atoms with E-state index in [1.165, 1.54) is 45.2 Å². The Hall–Kier alpha value is -0.0400. The lowest BCUT2D eigenvalue weighted by atomic mass is 9.84. The number of unbranched alkanes of at least 4 members (excludes halogenated alkanes) is 1. The molecule has 80 valence electrons. The van der Waals surface area contributed by atoms with Crippen molar-refractivity contribution in [2.75, 3.05) is 13.1 Å². The van der Waals surface area contributed by atoms with Crippen LogP contribution in [0.15, 0.2) is 0 Å². The van der Waals surface area contributed by atoms with Gasteiger partial charge in [-0.1, -0.05) is 40.5 Å². The Bertz CT molecular complexity index is 108. The molecule has 0 aliphatic heterocycles. The molecule has 0 aromatic carbocycles. The highest BCUT2D eigenvalue weighted by molar-refractivity contribution is 4.69. The minimum atomic E-state index is 0.538. The maximum atomic E-state index is 3.47. The van der Waals surface area contributed by atoms with Crippen LogP contribution in [0.1, 0.15) is 59.8 Å². The molecule has 0 bridgehead atoms. The van der Waals surface area contributed by atoms with E-state index in [0.717, 1.165) is 0 Å². The SMILES string of the molecule is CCCCC(C)(C)CCNCCC. The van der Waals surface area contributed by atoms with Gasteiger partial charge in [0.15, 0.2) is 0 Å². The third-order valence-electron chi connectivity index (χ3n) is 2.61. The first-order chi connectivity index (χ1) is 6.12. The smallest absolute Gasteiger partial charge is 0.00438 e. The first-order valence-corrected chi connectivity index (χ1v) is 5.83. The second-order valence-corrected chi connectivity index (χ2v) is 4.77. The Morgan fingerprint density at radius 1 is 0.923 bits per heavy atom. The first kappa shape index (κ1) is 13.0. The number of hydrogen-bond donors (Lipinski definition) is 1. The van der Waals surface area contributed by atoms with Crippen LogP contribution in [0.5, 0.6) is 0 Å². The molecule has 0 radical (unpaired) electrons. The van der Waals surface area contributed by atoms with Gasteiger partial charge in [0.2, 0.25) is 0 Å². The van der Waals surface area contributed by atoms with Crippen molar-refractivity contribution in [3.05, 3.63) is 0 Å². The van der Waals surface area contributed by atoms with Crippen molar-refractivity contribution < 1.29 is 0 Å². The molecule has 0 unspecified atom stereocenters. The Kier molecular flexibility index (Phi) is 7.35. The zero-order chi connectivity index (χ0) is 10.2. The van der Waals surface area contributed by atoms with E-state index in [9.17, 15) is 0 Å². The van der Waals surface area contributed by atoms with E-state index in [2.05, 4.69) is 33.0 Å². The van der Waals surface area contributed by atoms with E-state index in [0.29, 0.717) is 5.41 Å². The first-order valence-electron chi connectivity index (χ1n) is 5.83. The number of rotatable bonds is 8. The third-order valence-corrected chi connectivity index (χ3v) is 2.61. The van der Waals surface area contributed by atoms with Crippen LogP contribution in [0.2, 0.25) is 0 Å². The molecule has 0 aliphatic carbocycles. The molecule has 0 atom stereocenters. The van der Waals surface area contributed by atoms with Crippen LogP contribution < -0.4 is 5.32 Å². The molecule has 1 nitrogen and oxygen atoms in total. The molecule has 0 aliphatic rings. The monoisotopic (exact) mass is 185 g/mol. The fraction of sp³-hybridized carbons (Fsp3) is 1.00. The van der Waals surface area contributed by atoms with Crippen LogP contribution in [0.25, 0.3) is 0 Å². The second-order valence-electron chi connectivity index (χ2n) is 4.77. The van der Waals surface area contributed by atoms with E-state index in [4.69, 9.17) is 0 Å². The Labute approximate surface area is 84.3 Å². The molecular formula is C12H27N. The fourth-order valence-electron chi connectivity index (χ4n) is 1.51. The van der Waals surface area contributed by atoms with Gasteiger partial charge in [0.05, 0.1) is 0 Å². The molecule has 0 spiro atoms. The van der Waals surface area contributed by atoms with Crippen molar-refractivity contribution in [3.63, 3.8) is 0 Å². The van der Waals surface area contributed by atoms with E-state index in [-0.39, 0.29) is 0 Å². The second kappa shape index (κ2) is 7.37. The largest absolute Gasteiger partial charge is 0.317 e. The van der Waals surface area contributed by atoms with Gasteiger partial charge in [-0.15, -0.1) is 0 Å². The predicted molar refractivity (Wildman–Crippen MR) is 61.1 cm³/mol. The summed E-state index contributed by atoms with van der Waals surface area (Å²) in [5.41, 5.74) is 0.538. The molecule has 1 heteroatoms. The maximum Gasteiger partial charge on any atom is -0.00438 e. The van der Waals surface area contributed by atoms with Gasteiger partial charge in [0.25, 0.3) is 0 Å². The van der Waals surface area contributed by atoms with Gasteiger partial charge in [-0.3, -0.25) is 0 Å². The fourth-order valence-corrected chi connectivity index (χ4v) is 1.51. The summed E-state index contributed by atoms with van der Waals surface area (Å²) >= 11 is 0. The van der Waals surface area contributed by atoms with Crippen molar-refractivity contribution in [3.8, 4) is 0 Å². The van der Waals surface area contributed by atoms with E-state index < -0.39 is 0 Å². The number of nitrogens with one attached hydrogen (secondary N) is 1. The third kappa shape index (κ3) is 8.29. The minimum Gasteiger partial charge on any atom is -0.317 e. The Morgan fingerprint density at radius 2 is 1.62 bits per heavy atom. The van der Waals surface area contributed by atoms with Gasteiger partial charge in [-0.2, -0.15) is 0 Å². The minimum absolute atomic E-state index is 0.538. The van der Waals surface area contributed by atoms with Crippen LogP contribution in [-0.2, 0) is 0 Å². The van der Waals surface area contributed by atoms with Crippen LogP contribution in [-0.4, -0.2) is 13.1 Å². The molecule has 0 saturated heterocycles. The van der Waals surface area contributed by atoms with Crippen molar-refractivity contribution in [2.24, 2.45) is 5.41 Å². The lowest BCUT2D eigenvalue weighted by Gasteiger charge is -2.24. The highest BCUT2D eigenvalue weighted by Gasteiger charge is 2.15. The normalized spacial score (nSPS) is 12.0. The van der Waals surface area contributed by atoms with Gasteiger partial charge in [0, 0.05) is 0 Å². The van der Waals surface area contributed by atoms with Crippen LogP contribution in [0, 0.1) is 5.41 Å². The summed E-state index contributed by atoms with van der Waals surface area (Å²) < 4.78 is 0. The summed E-state index contributed by atoms with van der Waals surface area (Å²) in [6, 6.07) is 0. The summed E-state index contributed by atoms with van der Waals surface area (Å²) in [4.78, 5) is 0. The molecule has 0 rings (SSSR count). The molecule has 0 saturated carbocycles. The molecule has 1 N–H and O–H groups in total. The van der Waals surface area contributed by atoms with Gasteiger partial charge >= 0.3 is 0 Å². The van der Waals surface area contributed by atoms with E-state index in [1.54, 1.807) is 0 Å². The molecular weight excluding hydrogens is 158 g/mol. The maximum absolute atomic E-state index is 3.47. The van der Waals surface area contributed by atoms with Crippen molar-refractivity contribution in [1.82, 2.24) is 5.32 Å². The highest BCUT2D eigenvalue weighted by atomic mass is 14.8. The molecule has 13 heavy (non-hydrogen) atoms. The van der Waals surface area contributed by atoms with Gasteiger partial charge in [-0.25, -0.2) is 0 Å². The topological polar surface area (TPSA) is 12.0 Å².